The normalized spacial score (nSPS) is 13.8. The van der Waals surface area contributed by atoms with Crippen LogP contribution in [0.5, 0.6) is 0 Å². The van der Waals surface area contributed by atoms with Crippen molar-refractivity contribution in [3.8, 4) is 0 Å². The molecule has 0 bridgehead atoms. The molecule has 9 nitrogen and oxygen atoms in total. The van der Waals surface area contributed by atoms with Crippen LogP contribution in [0, 0.1) is 0 Å². The van der Waals surface area contributed by atoms with Gasteiger partial charge in [0.1, 0.15) is 19.8 Å². The van der Waals surface area contributed by atoms with Crippen molar-refractivity contribution in [2.24, 2.45) is 0 Å². The van der Waals surface area contributed by atoms with Crippen molar-refractivity contribution >= 4 is 19.8 Å². The van der Waals surface area contributed by atoms with E-state index in [2.05, 4.69) is 50.3 Å². The smallest absolute Gasteiger partial charge is 0.306 e. The van der Waals surface area contributed by atoms with Gasteiger partial charge in [0.15, 0.2) is 6.10 Å². The lowest BCUT2D eigenvalue weighted by Gasteiger charge is -2.28. The Bertz CT molecular complexity index is 1120. The summed E-state index contributed by atoms with van der Waals surface area (Å²) in [4.78, 5) is 37.6. The third kappa shape index (κ3) is 45.7. The number of unbranched alkanes of at least 4 members (excludes halogenated alkanes) is 25. The summed E-state index contributed by atoms with van der Waals surface area (Å²) in [7, 11) is 1.14. The standard InChI is InChI=1S/C50H94NO8P/c1-6-8-10-12-14-16-18-20-22-24-25-27-28-30-32-34-36-38-40-42-49(52)56-46-48(47-58-60(54,55)57-45-44-51(3,4)5)59-50(53)43-41-39-37-35-33-31-29-26-23-21-19-17-15-13-11-9-7-2/h21,23,29,31,35,37,48H,6-20,22,24-28,30,32-34,36,38-47H2,1-5H3/b23-21+,31-29+,37-35+/t48-/m1/s1. The van der Waals surface area contributed by atoms with Crippen molar-refractivity contribution in [3.05, 3.63) is 36.5 Å². The van der Waals surface area contributed by atoms with Gasteiger partial charge in [-0.2, -0.15) is 0 Å². The minimum absolute atomic E-state index is 0.0389. The van der Waals surface area contributed by atoms with E-state index in [1.165, 1.54) is 141 Å². The summed E-state index contributed by atoms with van der Waals surface area (Å²) in [5, 5.41) is 0. The number of likely N-dealkylation sites (N-methyl/N-ethyl adjacent to an activating group) is 1. The lowest BCUT2D eigenvalue weighted by molar-refractivity contribution is -0.870. The van der Waals surface area contributed by atoms with Crippen LogP contribution in [0.4, 0.5) is 0 Å². The van der Waals surface area contributed by atoms with Crippen LogP contribution in [0.25, 0.3) is 0 Å². The second kappa shape index (κ2) is 42.5. The molecule has 0 rings (SSSR count). The highest BCUT2D eigenvalue weighted by Gasteiger charge is 2.21. The van der Waals surface area contributed by atoms with Crippen LogP contribution in [0.15, 0.2) is 36.5 Å². The molecular weight excluding hydrogens is 774 g/mol. The molecule has 0 saturated heterocycles. The second-order valence-corrected chi connectivity index (χ2v) is 19.2. The number of esters is 2. The van der Waals surface area contributed by atoms with E-state index in [0.717, 1.165) is 38.5 Å². The van der Waals surface area contributed by atoms with Gasteiger partial charge >= 0.3 is 11.9 Å². The molecule has 60 heavy (non-hydrogen) atoms. The summed E-state index contributed by atoms with van der Waals surface area (Å²) in [6.07, 6.45) is 49.0. The quantitative estimate of drug-likeness (QED) is 0.0196. The first-order chi connectivity index (χ1) is 29.0. The Balaban J connectivity index is 4.33. The lowest BCUT2D eigenvalue weighted by atomic mass is 10.0. The number of quaternary nitrogens is 1. The maximum atomic E-state index is 12.7. The molecule has 352 valence electrons. The van der Waals surface area contributed by atoms with Crippen LogP contribution >= 0.6 is 7.82 Å². The van der Waals surface area contributed by atoms with Crippen molar-refractivity contribution < 1.29 is 42.1 Å². The molecular formula is C50H94NO8P. The highest BCUT2D eigenvalue weighted by Crippen LogP contribution is 2.38. The molecule has 0 fully saturated rings. The molecule has 0 N–H and O–H groups in total. The number of allylic oxidation sites excluding steroid dienone is 6. The third-order valence-corrected chi connectivity index (χ3v) is 11.6. The SMILES string of the molecule is CCCCCCCC/C=C/C/C=C/C/C=C/CCCC(=O)O[C@H](COC(=O)CCCCCCCCCCCCCCCCCCCCC)COP(=O)([O-])OCC[N+](C)(C)C. The Morgan fingerprint density at radius 3 is 1.38 bits per heavy atom. The average Bonchev–Trinajstić information content (AvgIpc) is 3.20. The van der Waals surface area contributed by atoms with Gasteiger partial charge in [0.05, 0.1) is 27.7 Å². The molecule has 0 amide bonds. The molecule has 0 aromatic heterocycles. The van der Waals surface area contributed by atoms with Gasteiger partial charge in [0.2, 0.25) is 0 Å². The van der Waals surface area contributed by atoms with Crippen molar-refractivity contribution in [2.45, 2.75) is 225 Å². The van der Waals surface area contributed by atoms with Crippen LogP contribution in [-0.4, -0.2) is 70.0 Å². The number of carbonyl (C=O) groups excluding carboxylic acids is 2. The molecule has 1 unspecified atom stereocenters. The van der Waals surface area contributed by atoms with Gasteiger partial charge in [0.25, 0.3) is 7.82 Å². The summed E-state index contributed by atoms with van der Waals surface area (Å²) < 4.78 is 33.9. The predicted octanol–water partition coefficient (Wildman–Crippen LogP) is 13.8. The molecule has 0 radical (unpaired) electrons. The molecule has 0 aromatic carbocycles. The number of hydrogen-bond donors (Lipinski definition) is 0. The van der Waals surface area contributed by atoms with Crippen LogP contribution in [0.3, 0.4) is 0 Å². The molecule has 0 aliphatic rings. The van der Waals surface area contributed by atoms with Crippen molar-refractivity contribution in [1.29, 1.82) is 0 Å². The number of nitrogens with zero attached hydrogens (tertiary/aromatic N) is 1. The summed E-state index contributed by atoms with van der Waals surface area (Å²) in [6.45, 7) is 4.19. The Kier molecular flexibility index (Phi) is 41.3. The topological polar surface area (TPSA) is 111 Å². The minimum atomic E-state index is -4.64. The van der Waals surface area contributed by atoms with E-state index in [1.54, 1.807) is 0 Å². The molecule has 10 heteroatoms. The molecule has 0 aromatic rings. The van der Waals surface area contributed by atoms with Crippen LogP contribution < -0.4 is 4.89 Å². The van der Waals surface area contributed by atoms with Crippen LogP contribution in [0.2, 0.25) is 0 Å². The minimum Gasteiger partial charge on any atom is -0.756 e. The van der Waals surface area contributed by atoms with E-state index >= 15 is 0 Å². The highest BCUT2D eigenvalue weighted by molar-refractivity contribution is 7.45. The number of hydrogen-bond acceptors (Lipinski definition) is 8. The highest BCUT2D eigenvalue weighted by atomic mass is 31.2. The number of ether oxygens (including phenoxy) is 2. The fraction of sp³-hybridized carbons (Fsp3) is 0.840. The fourth-order valence-electron chi connectivity index (χ4n) is 6.79. The van der Waals surface area contributed by atoms with E-state index in [9.17, 15) is 19.0 Å². The van der Waals surface area contributed by atoms with Gasteiger partial charge in [-0.15, -0.1) is 0 Å². The molecule has 2 atom stereocenters. The molecule has 0 heterocycles. The van der Waals surface area contributed by atoms with Gasteiger partial charge < -0.3 is 27.9 Å². The van der Waals surface area contributed by atoms with Crippen molar-refractivity contribution in [2.75, 3.05) is 47.5 Å². The largest absolute Gasteiger partial charge is 0.756 e. The number of phosphoric ester groups is 1. The van der Waals surface area contributed by atoms with E-state index in [1.807, 2.05) is 21.1 Å². The first kappa shape index (κ1) is 58.2. The van der Waals surface area contributed by atoms with Gasteiger partial charge in [-0.1, -0.05) is 198 Å². The molecule has 0 spiro atoms. The van der Waals surface area contributed by atoms with E-state index < -0.39 is 32.5 Å². The van der Waals surface area contributed by atoms with Gasteiger partial charge in [-0.05, 0) is 44.9 Å². The monoisotopic (exact) mass is 868 g/mol. The Labute approximate surface area is 370 Å². The molecule has 0 aliphatic carbocycles. The Hall–Kier alpha value is -1.77. The maximum absolute atomic E-state index is 12.7. The van der Waals surface area contributed by atoms with Crippen LogP contribution in [-0.2, 0) is 32.7 Å². The maximum Gasteiger partial charge on any atom is 0.306 e. The molecule has 0 saturated carbocycles. The summed E-state index contributed by atoms with van der Waals surface area (Å²) in [6, 6.07) is 0. The summed E-state index contributed by atoms with van der Waals surface area (Å²) >= 11 is 0. The first-order valence-electron chi connectivity index (χ1n) is 24.7. The zero-order valence-electron chi connectivity index (χ0n) is 39.7. The lowest BCUT2D eigenvalue weighted by Crippen LogP contribution is -2.37. The Morgan fingerprint density at radius 1 is 0.517 bits per heavy atom. The van der Waals surface area contributed by atoms with Gasteiger partial charge in [-0.3, -0.25) is 14.2 Å². The predicted molar refractivity (Wildman–Crippen MR) is 250 cm³/mol. The second-order valence-electron chi connectivity index (χ2n) is 17.8. The van der Waals surface area contributed by atoms with E-state index in [0.29, 0.717) is 23.9 Å². The number of phosphoric acid groups is 1. The average molecular weight is 868 g/mol. The number of rotatable bonds is 45. The summed E-state index contributed by atoms with van der Waals surface area (Å²) in [5.41, 5.74) is 0. The summed E-state index contributed by atoms with van der Waals surface area (Å²) in [5.74, 6) is -0.887. The third-order valence-electron chi connectivity index (χ3n) is 10.7. The zero-order chi connectivity index (χ0) is 44.3. The van der Waals surface area contributed by atoms with Gasteiger partial charge in [0, 0.05) is 12.8 Å². The molecule has 0 aliphatic heterocycles. The number of carbonyl (C=O) groups is 2. The van der Waals surface area contributed by atoms with Crippen molar-refractivity contribution in [3.63, 3.8) is 0 Å². The Morgan fingerprint density at radius 2 is 0.917 bits per heavy atom. The van der Waals surface area contributed by atoms with Gasteiger partial charge in [-0.25, -0.2) is 0 Å². The fourth-order valence-corrected chi connectivity index (χ4v) is 7.52. The van der Waals surface area contributed by atoms with E-state index in [-0.39, 0.29) is 26.1 Å². The first-order valence-corrected chi connectivity index (χ1v) is 26.2. The van der Waals surface area contributed by atoms with Crippen LogP contribution in [0.1, 0.15) is 219 Å². The van der Waals surface area contributed by atoms with Crippen molar-refractivity contribution in [1.82, 2.24) is 0 Å². The van der Waals surface area contributed by atoms with E-state index in [4.69, 9.17) is 18.5 Å². The zero-order valence-corrected chi connectivity index (χ0v) is 40.6.